The molecule has 1 aliphatic heterocycles. The molecule has 174 valence electrons. The molecule has 0 atom stereocenters. The van der Waals surface area contributed by atoms with Crippen molar-refractivity contribution in [2.45, 2.75) is 25.9 Å². The van der Waals surface area contributed by atoms with Gasteiger partial charge in [0, 0.05) is 50.7 Å². The van der Waals surface area contributed by atoms with Crippen LogP contribution in [-0.4, -0.2) is 52.5 Å². The number of anilines is 1. The number of hydrogen-bond donors (Lipinski definition) is 1. The topological polar surface area (TPSA) is 44.3 Å². The average Bonchev–Trinajstić information content (AvgIpc) is 3.59. The normalized spacial score (nSPS) is 17.3. The molecule has 2 fully saturated rings. The second kappa shape index (κ2) is 9.82. The Labute approximate surface area is 205 Å². The van der Waals surface area contributed by atoms with Gasteiger partial charge in [0.1, 0.15) is 12.1 Å². The molecule has 0 amide bonds. The van der Waals surface area contributed by atoms with E-state index >= 15 is 0 Å². The Morgan fingerprint density at radius 1 is 0.853 bits per heavy atom. The summed E-state index contributed by atoms with van der Waals surface area (Å²) in [6.07, 6.45) is 4.55. The van der Waals surface area contributed by atoms with Crippen molar-refractivity contribution >= 4 is 27.4 Å². The second-order valence-corrected chi connectivity index (χ2v) is 10.7. The highest BCUT2D eigenvalue weighted by atomic mass is 32.1. The molecule has 34 heavy (non-hydrogen) atoms. The number of hydrogen-bond acceptors (Lipinski definition) is 6. The minimum Gasteiger partial charge on any atom is -0.365 e. The molecule has 6 rings (SSSR count). The van der Waals surface area contributed by atoms with Crippen molar-refractivity contribution in [3.63, 3.8) is 0 Å². The van der Waals surface area contributed by atoms with Crippen LogP contribution in [0.5, 0.6) is 0 Å². The van der Waals surface area contributed by atoms with E-state index in [-0.39, 0.29) is 0 Å². The molecular weight excluding hydrogens is 438 g/mol. The fourth-order valence-corrected chi connectivity index (χ4v) is 5.81. The Hall–Kier alpha value is -2.80. The van der Waals surface area contributed by atoms with Gasteiger partial charge in [-0.25, -0.2) is 9.97 Å². The first-order chi connectivity index (χ1) is 16.8. The van der Waals surface area contributed by atoms with Gasteiger partial charge >= 0.3 is 0 Å². The number of rotatable bonds is 8. The number of nitrogens with zero attached hydrogens (tertiary/aromatic N) is 4. The summed E-state index contributed by atoms with van der Waals surface area (Å²) in [6, 6.07) is 21.7. The molecule has 6 heteroatoms. The Morgan fingerprint density at radius 3 is 2.38 bits per heavy atom. The summed E-state index contributed by atoms with van der Waals surface area (Å²) in [5, 5.41) is 3.49. The summed E-state index contributed by atoms with van der Waals surface area (Å²) in [5.74, 6) is 1.90. The molecule has 1 aliphatic carbocycles. The van der Waals surface area contributed by atoms with Crippen molar-refractivity contribution in [2.24, 2.45) is 5.92 Å². The summed E-state index contributed by atoms with van der Waals surface area (Å²) in [7, 11) is 0. The van der Waals surface area contributed by atoms with E-state index in [4.69, 9.17) is 0 Å². The van der Waals surface area contributed by atoms with E-state index in [0.717, 1.165) is 35.0 Å². The predicted octanol–water partition coefficient (Wildman–Crippen LogP) is 5.50. The molecule has 0 bridgehead atoms. The van der Waals surface area contributed by atoms with E-state index < -0.39 is 0 Å². The van der Waals surface area contributed by atoms with Gasteiger partial charge < -0.3 is 10.2 Å². The molecule has 2 aromatic carbocycles. The van der Waals surface area contributed by atoms with E-state index in [2.05, 4.69) is 79.7 Å². The van der Waals surface area contributed by atoms with Crippen LogP contribution in [0.15, 0.2) is 67.0 Å². The SMILES string of the molecule is c1ccc(CNc2ncnc3cc(-c4ccc(CN5CCN(CC6CC6)CC5)cc4)sc23)cc1. The molecule has 2 aromatic heterocycles. The molecule has 0 spiro atoms. The summed E-state index contributed by atoms with van der Waals surface area (Å²) in [5.41, 5.74) is 4.88. The molecule has 0 radical (unpaired) electrons. The number of nitrogens with one attached hydrogen (secondary N) is 1. The first-order valence-electron chi connectivity index (χ1n) is 12.4. The summed E-state index contributed by atoms with van der Waals surface area (Å²) in [6.45, 7) is 7.93. The van der Waals surface area contributed by atoms with E-state index in [0.29, 0.717) is 0 Å². The molecule has 1 saturated heterocycles. The quantitative estimate of drug-likeness (QED) is 0.369. The number of aromatic nitrogens is 2. The van der Waals surface area contributed by atoms with Crippen LogP contribution in [0.25, 0.3) is 20.7 Å². The number of fused-ring (bicyclic) bond motifs is 1. The van der Waals surface area contributed by atoms with Gasteiger partial charge in [-0.15, -0.1) is 11.3 Å². The second-order valence-electron chi connectivity index (χ2n) is 9.60. The van der Waals surface area contributed by atoms with E-state index in [1.54, 1.807) is 17.7 Å². The maximum absolute atomic E-state index is 4.51. The lowest BCUT2D eigenvalue weighted by molar-refractivity contribution is 0.123. The third-order valence-corrected chi connectivity index (χ3v) is 8.12. The van der Waals surface area contributed by atoms with Gasteiger partial charge in [-0.05, 0) is 41.5 Å². The minimum atomic E-state index is 0.754. The van der Waals surface area contributed by atoms with Crippen molar-refractivity contribution in [3.05, 3.63) is 78.1 Å². The number of thiophene rings is 1. The first kappa shape index (κ1) is 21.7. The fourth-order valence-electron chi connectivity index (χ4n) is 4.73. The van der Waals surface area contributed by atoms with Crippen LogP contribution in [0.2, 0.25) is 0 Å². The lowest BCUT2D eigenvalue weighted by Crippen LogP contribution is -2.46. The highest BCUT2D eigenvalue weighted by molar-refractivity contribution is 7.22. The van der Waals surface area contributed by atoms with Gasteiger partial charge in [-0.3, -0.25) is 4.90 Å². The lowest BCUT2D eigenvalue weighted by atomic mass is 10.1. The van der Waals surface area contributed by atoms with Crippen molar-refractivity contribution in [3.8, 4) is 10.4 Å². The van der Waals surface area contributed by atoms with Gasteiger partial charge in [0.05, 0.1) is 10.2 Å². The minimum absolute atomic E-state index is 0.754. The predicted molar refractivity (Wildman–Crippen MR) is 141 cm³/mol. The molecule has 3 heterocycles. The zero-order valence-electron chi connectivity index (χ0n) is 19.5. The van der Waals surface area contributed by atoms with Crippen molar-refractivity contribution in [1.29, 1.82) is 0 Å². The third kappa shape index (κ3) is 5.14. The zero-order valence-corrected chi connectivity index (χ0v) is 20.3. The van der Waals surface area contributed by atoms with Gasteiger partial charge in [0.2, 0.25) is 0 Å². The van der Waals surface area contributed by atoms with Crippen LogP contribution in [-0.2, 0) is 13.1 Å². The molecule has 1 saturated carbocycles. The van der Waals surface area contributed by atoms with Gasteiger partial charge in [0.15, 0.2) is 0 Å². The van der Waals surface area contributed by atoms with Crippen LogP contribution >= 0.6 is 11.3 Å². The smallest absolute Gasteiger partial charge is 0.147 e. The summed E-state index contributed by atoms with van der Waals surface area (Å²) >= 11 is 1.76. The molecule has 5 nitrogen and oxygen atoms in total. The van der Waals surface area contributed by atoms with E-state index in [9.17, 15) is 0 Å². The Kier molecular flexibility index (Phi) is 6.27. The van der Waals surface area contributed by atoms with Crippen molar-refractivity contribution < 1.29 is 0 Å². The van der Waals surface area contributed by atoms with Crippen molar-refractivity contribution in [1.82, 2.24) is 19.8 Å². The van der Waals surface area contributed by atoms with E-state index in [1.165, 1.54) is 67.1 Å². The van der Waals surface area contributed by atoms with Gasteiger partial charge in [-0.1, -0.05) is 54.6 Å². The first-order valence-corrected chi connectivity index (χ1v) is 13.2. The Morgan fingerprint density at radius 2 is 1.62 bits per heavy atom. The van der Waals surface area contributed by atoms with Crippen molar-refractivity contribution in [2.75, 3.05) is 38.0 Å². The zero-order chi connectivity index (χ0) is 22.7. The molecule has 1 N–H and O–H groups in total. The van der Waals surface area contributed by atoms with Crippen LogP contribution in [0.4, 0.5) is 5.82 Å². The average molecular weight is 470 g/mol. The standard InChI is InChI=1S/C28H31N5S/c1-2-4-21(5-3-1)17-29-28-27-25(30-20-31-28)16-26(34-27)24-10-8-23(9-11-24)19-33-14-12-32(13-15-33)18-22-6-7-22/h1-5,8-11,16,20,22H,6-7,12-15,17-19H2,(H,29,30,31). The lowest BCUT2D eigenvalue weighted by Gasteiger charge is -2.34. The van der Waals surface area contributed by atoms with Gasteiger partial charge in [-0.2, -0.15) is 0 Å². The third-order valence-electron chi connectivity index (χ3n) is 6.94. The van der Waals surface area contributed by atoms with E-state index in [1.807, 2.05) is 6.07 Å². The maximum Gasteiger partial charge on any atom is 0.147 e. The van der Waals surface area contributed by atoms with Crippen LogP contribution in [0.1, 0.15) is 24.0 Å². The molecule has 2 aliphatic rings. The Bertz CT molecular complexity index is 1220. The largest absolute Gasteiger partial charge is 0.365 e. The maximum atomic E-state index is 4.51. The Balaban J connectivity index is 1.10. The molecule has 0 unspecified atom stereocenters. The molecule has 4 aromatic rings. The molecular formula is C28H31N5S. The highest BCUT2D eigenvalue weighted by Crippen LogP contribution is 2.36. The number of benzene rings is 2. The summed E-state index contributed by atoms with van der Waals surface area (Å²) < 4.78 is 1.11. The van der Waals surface area contributed by atoms with Gasteiger partial charge in [0.25, 0.3) is 0 Å². The number of piperazine rings is 1. The summed E-state index contributed by atoms with van der Waals surface area (Å²) in [4.78, 5) is 15.5. The van der Waals surface area contributed by atoms with Crippen LogP contribution < -0.4 is 5.32 Å². The van der Waals surface area contributed by atoms with Crippen LogP contribution in [0.3, 0.4) is 0 Å². The monoisotopic (exact) mass is 469 g/mol. The fraction of sp³-hybridized carbons (Fsp3) is 0.357. The van der Waals surface area contributed by atoms with Crippen LogP contribution in [0, 0.1) is 5.92 Å². The highest BCUT2D eigenvalue weighted by Gasteiger charge is 2.26.